The van der Waals surface area contributed by atoms with Gasteiger partial charge in [0.2, 0.25) is 0 Å². The first-order valence-corrected chi connectivity index (χ1v) is 9.60. The molecule has 0 aliphatic rings. The van der Waals surface area contributed by atoms with E-state index >= 15 is 0 Å². The molecule has 1 atom stereocenters. The molecule has 0 aliphatic heterocycles. The van der Waals surface area contributed by atoms with Gasteiger partial charge in [0.25, 0.3) is 5.91 Å². The third-order valence-corrected chi connectivity index (χ3v) is 4.53. The molecular weight excluding hydrogens is 365 g/mol. The first-order chi connectivity index (χ1) is 12.4. The van der Waals surface area contributed by atoms with Gasteiger partial charge in [-0.2, -0.15) is 0 Å². The van der Waals surface area contributed by atoms with Crippen LogP contribution in [0.15, 0.2) is 102 Å². The molecule has 7 heteroatoms. The second kappa shape index (κ2) is 8.95. The number of benzene rings is 1. The number of nitrogens with one attached hydrogen (secondary N) is 2. The Hall–Kier alpha value is -3.19. The topological polar surface area (TPSA) is 96.0 Å². The molecule has 0 spiro atoms. The minimum atomic E-state index is -2.86. The van der Waals surface area contributed by atoms with E-state index in [1.54, 1.807) is 0 Å². The predicted molar refractivity (Wildman–Crippen MR) is 108 cm³/mol. The van der Waals surface area contributed by atoms with E-state index in [9.17, 15) is 13.4 Å². The number of nitrogens with two attached hydrogens (primary N) is 1. The summed E-state index contributed by atoms with van der Waals surface area (Å²) in [6.45, 7) is 14.2. The highest BCUT2D eigenvalue weighted by Gasteiger charge is 2.11. The molecule has 5 nitrogen and oxygen atoms in total. The van der Waals surface area contributed by atoms with Crippen LogP contribution in [0.2, 0.25) is 0 Å². The molecule has 27 heavy (non-hydrogen) atoms. The van der Waals surface area contributed by atoms with E-state index in [0.717, 1.165) is 6.08 Å². The molecule has 0 aromatic heterocycles. The number of hydrogen-bond donors (Lipinski definition) is 3. The molecule has 0 fully saturated rings. The Labute approximate surface area is 159 Å². The molecule has 1 aromatic rings. The summed E-state index contributed by atoms with van der Waals surface area (Å²) in [7, 11) is -2.86. The van der Waals surface area contributed by atoms with Gasteiger partial charge in [-0.25, -0.2) is 13.4 Å². The van der Waals surface area contributed by atoms with Crippen LogP contribution < -0.4 is 11.1 Å². The fourth-order valence-corrected chi connectivity index (χ4v) is 2.49. The van der Waals surface area contributed by atoms with Gasteiger partial charge in [0.05, 0.1) is 15.4 Å². The van der Waals surface area contributed by atoms with Crippen LogP contribution in [0, 0.1) is 4.78 Å². The van der Waals surface area contributed by atoms with Crippen LogP contribution in [0.5, 0.6) is 0 Å². The van der Waals surface area contributed by atoms with Gasteiger partial charge in [-0.1, -0.05) is 32.4 Å². The molecule has 0 aliphatic carbocycles. The molecule has 0 heterocycles. The van der Waals surface area contributed by atoms with Crippen molar-refractivity contribution < 1.29 is 13.4 Å². The summed E-state index contributed by atoms with van der Waals surface area (Å²) in [6, 6.07) is 5.84. The van der Waals surface area contributed by atoms with Crippen LogP contribution in [0.3, 0.4) is 0 Å². The number of amides is 1. The van der Waals surface area contributed by atoms with Gasteiger partial charge in [-0.05, 0) is 47.6 Å². The average molecular weight is 387 g/mol. The van der Waals surface area contributed by atoms with E-state index < -0.39 is 21.5 Å². The van der Waals surface area contributed by atoms with E-state index in [1.807, 2.05) is 0 Å². The molecule has 1 amide bonds. The third-order valence-electron chi connectivity index (χ3n) is 3.36. The van der Waals surface area contributed by atoms with Crippen LogP contribution in [0.25, 0.3) is 0 Å². The second-order valence-electron chi connectivity index (χ2n) is 5.74. The second-order valence-corrected chi connectivity index (χ2v) is 7.89. The Morgan fingerprint density at radius 1 is 1.15 bits per heavy atom. The zero-order valence-corrected chi connectivity index (χ0v) is 15.9. The highest BCUT2D eigenvalue weighted by molar-refractivity contribution is 7.91. The van der Waals surface area contributed by atoms with Gasteiger partial charge < -0.3 is 11.1 Å². The molecule has 0 radical (unpaired) electrons. The average Bonchev–Trinajstić information content (AvgIpc) is 2.57. The van der Waals surface area contributed by atoms with Crippen molar-refractivity contribution in [1.82, 2.24) is 5.32 Å². The maximum absolute atomic E-state index is 12.7. The van der Waals surface area contributed by atoms with Crippen LogP contribution in [-0.4, -0.2) is 16.4 Å². The Morgan fingerprint density at radius 2 is 1.70 bits per heavy atom. The van der Waals surface area contributed by atoms with Crippen LogP contribution >= 0.6 is 0 Å². The van der Waals surface area contributed by atoms with E-state index in [2.05, 4.69) is 31.6 Å². The SMILES string of the molecule is C=C(F)/C=C\C(=C)C(=C)/C=C(/NC(=O)c1ccc([S@](C)(=N)=O)cc1)C(=C)N. The fraction of sp³-hybridized carbons (Fsp3) is 0.0500. The zero-order chi connectivity index (χ0) is 20.8. The van der Waals surface area contributed by atoms with Crippen molar-refractivity contribution in [1.29, 1.82) is 4.78 Å². The normalized spacial score (nSPS) is 13.6. The number of hydrogen-bond acceptors (Lipinski definition) is 4. The van der Waals surface area contributed by atoms with Crippen molar-refractivity contribution >= 4 is 15.6 Å². The van der Waals surface area contributed by atoms with Crippen LogP contribution in [0.4, 0.5) is 4.39 Å². The summed E-state index contributed by atoms with van der Waals surface area (Å²) in [5.41, 5.74) is 7.10. The number of allylic oxidation sites excluding steroid dienone is 6. The van der Waals surface area contributed by atoms with Gasteiger partial charge in [0.1, 0.15) is 5.83 Å². The van der Waals surface area contributed by atoms with Gasteiger partial charge in [-0.3, -0.25) is 4.79 Å². The molecule has 0 bridgehead atoms. The molecule has 0 unspecified atom stereocenters. The van der Waals surface area contributed by atoms with E-state index in [4.69, 9.17) is 10.5 Å². The Balaban J connectivity index is 3.01. The van der Waals surface area contributed by atoms with Crippen molar-refractivity contribution in [3.05, 3.63) is 103 Å². The monoisotopic (exact) mass is 387 g/mol. The lowest BCUT2D eigenvalue weighted by atomic mass is 10.1. The highest BCUT2D eigenvalue weighted by atomic mass is 32.2. The largest absolute Gasteiger partial charge is 0.398 e. The van der Waals surface area contributed by atoms with Crippen LogP contribution in [-0.2, 0) is 9.73 Å². The number of halogens is 1. The van der Waals surface area contributed by atoms with Crippen molar-refractivity contribution in [2.75, 3.05) is 6.26 Å². The van der Waals surface area contributed by atoms with Crippen molar-refractivity contribution in [2.24, 2.45) is 5.73 Å². The summed E-state index contributed by atoms with van der Waals surface area (Å²) >= 11 is 0. The summed E-state index contributed by atoms with van der Waals surface area (Å²) < 4.78 is 31.9. The maximum atomic E-state index is 12.7. The van der Waals surface area contributed by atoms with Gasteiger partial charge in [0, 0.05) is 22.4 Å². The minimum absolute atomic E-state index is 0.0931. The van der Waals surface area contributed by atoms with Crippen molar-refractivity contribution in [3.8, 4) is 0 Å². The minimum Gasteiger partial charge on any atom is -0.398 e. The number of rotatable bonds is 8. The van der Waals surface area contributed by atoms with Gasteiger partial charge in [-0.15, -0.1) is 0 Å². The standard InChI is InChI=1S/C20H22FN3O2S/c1-13(6-7-15(3)21)14(2)12-19(16(4)22)24-20(25)17-8-10-18(11-9-17)27(5,23)26/h6-12,23H,1-4,22H2,5H3,(H,24,25)/b7-6-,19-12+/t27-/m1/s1. The quantitative estimate of drug-likeness (QED) is 0.589. The Morgan fingerprint density at radius 3 is 2.15 bits per heavy atom. The highest BCUT2D eigenvalue weighted by Crippen LogP contribution is 2.15. The molecular formula is C20H22FN3O2S. The van der Waals surface area contributed by atoms with E-state index in [1.165, 1.54) is 42.7 Å². The predicted octanol–water partition coefficient (Wildman–Crippen LogP) is 3.96. The summed E-state index contributed by atoms with van der Waals surface area (Å²) in [6.07, 6.45) is 5.29. The van der Waals surface area contributed by atoms with Gasteiger partial charge >= 0.3 is 0 Å². The van der Waals surface area contributed by atoms with E-state index in [0.29, 0.717) is 16.0 Å². The molecule has 0 saturated heterocycles. The van der Waals surface area contributed by atoms with Crippen molar-refractivity contribution in [2.45, 2.75) is 4.90 Å². The molecule has 4 N–H and O–H groups in total. The number of carbonyl (C=O) groups is 1. The molecule has 0 saturated carbocycles. The van der Waals surface area contributed by atoms with E-state index in [-0.39, 0.29) is 17.0 Å². The lowest BCUT2D eigenvalue weighted by molar-refractivity contribution is 0.0966. The van der Waals surface area contributed by atoms with Gasteiger partial charge in [0.15, 0.2) is 0 Å². The number of carbonyl (C=O) groups excluding carboxylic acids is 1. The Kier molecular flexibility index (Phi) is 7.25. The Bertz CT molecular complexity index is 969. The maximum Gasteiger partial charge on any atom is 0.255 e. The summed E-state index contributed by atoms with van der Waals surface area (Å²) in [5.74, 6) is -1.10. The zero-order valence-electron chi connectivity index (χ0n) is 15.0. The summed E-state index contributed by atoms with van der Waals surface area (Å²) in [4.78, 5) is 12.7. The molecule has 142 valence electrons. The van der Waals surface area contributed by atoms with Crippen LogP contribution in [0.1, 0.15) is 10.4 Å². The van der Waals surface area contributed by atoms with Crippen molar-refractivity contribution in [3.63, 3.8) is 0 Å². The first-order valence-electron chi connectivity index (χ1n) is 7.64. The first kappa shape index (κ1) is 21.9. The third kappa shape index (κ3) is 6.91. The lowest BCUT2D eigenvalue weighted by Crippen LogP contribution is -2.26. The smallest absolute Gasteiger partial charge is 0.255 e. The fourth-order valence-electron chi connectivity index (χ4n) is 1.83. The molecule has 1 aromatic carbocycles. The summed E-state index contributed by atoms with van der Waals surface area (Å²) in [5, 5.41) is 2.60. The lowest BCUT2D eigenvalue weighted by Gasteiger charge is -2.11. The molecule has 1 rings (SSSR count).